The Morgan fingerprint density at radius 3 is 2.09 bits per heavy atom. The zero-order valence-corrected chi connectivity index (χ0v) is 46.9. The topological polar surface area (TPSA) is 329 Å². The van der Waals surface area contributed by atoms with Crippen LogP contribution < -0.4 is 15.4 Å². The average Bonchev–Trinajstić information content (AvgIpc) is 3.32. The number of nitrogens with one attached hydrogen (secondary N) is 2. The molecule has 3 aromatic heterocycles. The van der Waals surface area contributed by atoms with E-state index in [-0.39, 0.29) is 63.8 Å². The number of ether oxygens (including phenoxy) is 10. The first-order valence-corrected chi connectivity index (χ1v) is 30.0. The molecule has 82 heavy (non-hydrogen) atoms. The molecule has 4 heterocycles. The Kier molecular flexibility index (Phi) is 25.8. The molecule has 1 aliphatic heterocycles. The molecule has 1 saturated heterocycles. The van der Waals surface area contributed by atoms with E-state index in [4.69, 9.17) is 68.5 Å². The predicted molar refractivity (Wildman–Crippen MR) is 281 cm³/mol. The summed E-state index contributed by atoms with van der Waals surface area (Å²) in [5, 5.41) is 19.5. The predicted octanol–water partition coefficient (Wildman–Crippen LogP) is 4.27. The van der Waals surface area contributed by atoms with Crippen LogP contribution in [0.1, 0.15) is 48.4 Å². The van der Waals surface area contributed by atoms with Gasteiger partial charge < -0.3 is 77.2 Å². The van der Waals surface area contributed by atoms with E-state index in [0.717, 1.165) is 11.1 Å². The number of carbonyl (C=O) groups is 2. The molecule has 1 fully saturated rings. The van der Waals surface area contributed by atoms with Gasteiger partial charge in [-0.1, -0.05) is 29.5 Å². The molecular weight excluding hydrogens is 1160 g/mol. The van der Waals surface area contributed by atoms with E-state index in [0.29, 0.717) is 133 Å². The Morgan fingerprint density at radius 2 is 1.41 bits per heavy atom. The molecule has 2 aliphatic rings. The van der Waals surface area contributed by atoms with Crippen molar-refractivity contribution in [1.82, 2.24) is 40.1 Å². The molecule has 452 valence electrons. The van der Waals surface area contributed by atoms with Gasteiger partial charge in [0.1, 0.15) is 17.3 Å². The number of hydrogen-bond acceptors (Lipinski definition) is 21. The van der Waals surface area contributed by atoms with E-state index in [9.17, 15) is 36.8 Å². The minimum absolute atomic E-state index is 0.0627. The Labute approximate surface area is 473 Å². The van der Waals surface area contributed by atoms with Gasteiger partial charge in [-0.15, -0.1) is 5.10 Å². The highest BCUT2D eigenvalue weighted by molar-refractivity contribution is 7.70. The second-order valence-corrected chi connectivity index (χ2v) is 22.7. The molecule has 0 bridgehead atoms. The normalized spacial score (nSPS) is 17.8. The van der Waals surface area contributed by atoms with E-state index in [1.54, 1.807) is 17.1 Å². The fourth-order valence-corrected chi connectivity index (χ4v) is 11.2. The van der Waals surface area contributed by atoms with Crippen LogP contribution >= 0.6 is 26.8 Å². The summed E-state index contributed by atoms with van der Waals surface area (Å²) in [5.74, 6) is -7.31. The molecule has 1 aliphatic carbocycles. The van der Waals surface area contributed by atoms with Crippen LogP contribution in [0.3, 0.4) is 0 Å². The third-order valence-electron chi connectivity index (χ3n) is 12.2. The molecule has 5 aromatic rings. The number of carbonyl (C=O) groups excluding carboxylic acids is 2. The SMILES string of the molecule is O=C(CCOCCOCCOCCOCCn1cc(COCCOCCOCCOCCNC(=O)C2Cc3ccccc3C2Nc2nc(Cl)nc3c2cnn3C2CCC(COP(=O)(O)CP(=O)(O)O)O2)nn1)Oc1c(F)cc(F)cc1F. The highest BCUT2D eigenvalue weighted by Crippen LogP contribution is 2.55. The smallest absolute Gasteiger partial charge is 0.340 e. The van der Waals surface area contributed by atoms with Crippen molar-refractivity contribution in [3.63, 3.8) is 0 Å². The number of hydrogen-bond donors (Lipinski definition) is 5. The van der Waals surface area contributed by atoms with Gasteiger partial charge in [0.15, 0.2) is 29.4 Å². The lowest BCUT2D eigenvalue weighted by Crippen LogP contribution is -2.37. The molecule has 5 N–H and O–H groups in total. The zero-order chi connectivity index (χ0) is 58.3. The second kappa shape index (κ2) is 32.8. The highest BCUT2D eigenvalue weighted by atomic mass is 35.5. The first-order valence-electron chi connectivity index (χ1n) is 26.1. The van der Waals surface area contributed by atoms with Gasteiger partial charge in [-0.25, -0.2) is 22.5 Å². The number of rotatable bonds is 39. The number of amides is 1. The number of aromatic nitrogens is 7. The Bertz CT molecular complexity index is 2910. The molecule has 1 amide bonds. The monoisotopic (exact) mass is 1220 g/mol. The molecule has 27 nitrogen and oxygen atoms in total. The fraction of sp³-hybridized carbons (Fsp3) is 0.571. The van der Waals surface area contributed by atoms with Crippen molar-refractivity contribution in [3.05, 3.63) is 88.3 Å². The summed E-state index contributed by atoms with van der Waals surface area (Å²) >= 11 is 6.44. The molecule has 5 atom stereocenters. The number of halogens is 4. The minimum Gasteiger partial charge on any atom is -0.420 e. The molecule has 5 unspecified atom stereocenters. The third-order valence-corrected chi connectivity index (χ3v) is 15.8. The molecule has 0 saturated carbocycles. The van der Waals surface area contributed by atoms with Crippen LogP contribution in [0.2, 0.25) is 5.28 Å². The summed E-state index contributed by atoms with van der Waals surface area (Å²) in [6, 6.07) is 8.08. The van der Waals surface area contributed by atoms with Crippen LogP contribution in [0.5, 0.6) is 5.75 Å². The number of fused-ring (bicyclic) bond motifs is 2. The maximum Gasteiger partial charge on any atom is 0.340 e. The summed E-state index contributed by atoms with van der Waals surface area (Å²) in [6.07, 6.45) is 3.02. The molecule has 33 heteroatoms. The van der Waals surface area contributed by atoms with Crippen molar-refractivity contribution in [3.8, 4) is 5.75 Å². The van der Waals surface area contributed by atoms with Crippen LogP contribution in [-0.2, 0) is 85.4 Å². The third kappa shape index (κ3) is 21.2. The van der Waals surface area contributed by atoms with E-state index in [1.807, 2.05) is 24.3 Å². The van der Waals surface area contributed by atoms with E-state index >= 15 is 0 Å². The van der Waals surface area contributed by atoms with Gasteiger partial charge in [-0.2, -0.15) is 15.1 Å². The molecular formula is C49H65ClF3N9O18P2. The Balaban J connectivity index is 0.667. The van der Waals surface area contributed by atoms with Crippen molar-refractivity contribution >= 4 is 55.5 Å². The van der Waals surface area contributed by atoms with Crippen LogP contribution in [0.25, 0.3) is 11.0 Å². The highest BCUT2D eigenvalue weighted by Gasteiger charge is 2.39. The second-order valence-electron chi connectivity index (χ2n) is 18.4. The van der Waals surface area contributed by atoms with Gasteiger partial charge in [0.25, 0.3) is 0 Å². The Morgan fingerprint density at radius 1 is 0.793 bits per heavy atom. The standard InChI is InChI=1S/C49H65ClF3N9O18P2/c50-49-57-46(39-28-55-62(47(39)58-49)42-6-5-36(79-42)31-78-82(68,69)32-81(65,66)67)56-44-37-4-2-1-3-33(37)25-38(44)48(64)54-8-11-71-14-17-74-21-22-76-23-24-77-30-35-29-61(60-59-35)9-12-72-15-18-75-20-19-73-16-13-70-10-7-43(63)80-45-40(52)26-34(51)27-41(45)53/h1-4,26-29,36,38,42,44H,5-25,30-32H2,(H,54,64)(H,68,69)(H,56,57,58)(H2,65,66,67). The van der Waals surface area contributed by atoms with Crippen LogP contribution in [0.15, 0.2) is 48.8 Å². The van der Waals surface area contributed by atoms with Gasteiger partial charge in [-0.3, -0.25) is 18.7 Å². The van der Waals surface area contributed by atoms with Crippen molar-refractivity contribution < 1.29 is 98.5 Å². The zero-order valence-electron chi connectivity index (χ0n) is 44.4. The molecule has 2 aromatic carbocycles. The number of esters is 1. The van der Waals surface area contributed by atoms with Crippen molar-refractivity contribution in [1.29, 1.82) is 0 Å². The first-order chi connectivity index (χ1) is 39.5. The lowest BCUT2D eigenvalue weighted by Gasteiger charge is -2.22. The quantitative estimate of drug-likeness (QED) is 0.0121. The van der Waals surface area contributed by atoms with Crippen LogP contribution in [0, 0.1) is 23.4 Å². The lowest BCUT2D eigenvalue weighted by molar-refractivity contribution is -0.136. The number of benzene rings is 2. The maximum absolute atomic E-state index is 13.7. The average molecular weight is 1220 g/mol. The minimum atomic E-state index is -4.79. The van der Waals surface area contributed by atoms with Gasteiger partial charge in [-0.05, 0) is 42.0 Å². The molecule has 7 rings (SSSR count). The van der Waals surface area contributed by atoms with Gasteiger partial charge in [0, 0.05) is 18.7 Å². The molecule has 0 spiro atoms. The van der Waals surface area contributed by atoms with Crippen molar-refractivity contribution in [2.75, 3.05) is 123 Å². The summed E-state index contributed by atoms with van der Waals surface area (Å²) in [7, 11) is -9.35. The lowest BCUT2D eigenvalue weighted by atomic mass is 9.99. The molecule has 0 radical (unpaired) electrons. The maximum atomic E-state index is 13.7. The van der Waals surface area contributed by atoms with Gasteiger partial charge >= 0.3 is 21.2 Å². The summed E-state index contributed by atoms with van der Waals surface area (Å²) in [6.45, 7) is 5.04. The number of anilines is 1. The van der Waals surface area contributed by atoms with Gasteiger partial charge in [0.2, 0.25) is 16.9 Å². The van der Waals surface area contributed by atoms with E-state index in [1.165, 1.54) is 4.68 Å². The first kappa shape index (κ1) is 64.5. The van der Waals surface area contributed by atoms with Crippen LogP contribution in [0.4, 0.5) is 19.0 Å². The number of nitrogens with zero attached hydrogens (tertiary/aromatic N) is 7. The Hall–Kier alpha value is -5.11. The van der Waals surface area contributed by atoms with Gasteiger partial charge in [0.05, 0.1) is 161 Å². The van der Waals surface area contributed by atoms with Crippen molar-refractivity contribution in [2.45, 2.75) is 57.2 Å². The van der Waals surface area contributed by atoms with E-state index in [2.05, 4.69) is 40.7 Å². The fourth-order valence-electron chi connectivity index (χ4n) is 8.44. The summed E-state index contributed by atoms with van der Waals surface area (Å²) in [5.41, 5.74) is 2.92. The van der Waals surface area contributed by atoms with E-state index < -0.39 is 74.6 Å². The summed E-state index contributed by atoms with van der Waals surface area (Å²) in [4.78, 5) is 62.4. The summed E-state index contributed by atoms with van der Waals surface area (Å²) < 4.78 is 127. The van der Waals surface area contributed by atoms with Crippen LogP contribution in [-0.4, -0.2) is 186 Å². The van der Waals surface area contributed by atoms with Crippen molar-refractivity contribution in [2.24, 2.45) is 5.92 Å². The largest absolute Gasteiger partial charge is 0.420 e.